The van der Waals surface area contributed by atoms with Crippen molar-refractivity contribution < 1.29 is 24.2 Å². The summed E-state index contributed by atoms with van der Waals surface area (Å²) >= 11 is 0. The standard InChI is InChI=1S/C22H43N3O5/c1-11-15(6)20(16(30-10)12-17(26)27)25(9)22(29)18(13(2)3)23-21(28)19(14(4)5)24(7)8/h13-16,18-20H,11-12H2,1-10H3,(H,23,28)(H,26,27)/t15-,16+,18?,19?,20?/m0/s1. The molecule has 0 heterocycles. The average molecular weight is 430 g/mol. The van der Waals surface area contributed by atoms with Crippen molar-refractivity contribution in [1.82, 2.24) is 15.1 Å². The fourth-order valence-electron chi connectivity index (χ4n) is 4.01. The van der Waals surface area contributed by atoms with Crippen LogP contribution in [0.5, 0.6) is 0 Å². The Kier molecular flexibility index (Phi) is 12.2. The van der Waals surface area contributed by atoms with E-state index in [1.165, 1.54) is 7.11 Å². The SMILES string of the molecule is CC[C@H](C)C([C@@H](CC(=O)O)OC)N(C)C(=O)C(NC(=O)C(C(C)C)N(C)C)C(C)C. The first-order valence-corrected chi connectivity index (χ1v) is 10.8. The first-order chi connectivity index (χ1) is 13.8. The van der Waals surface area contributed by atoms with Crippen molar-refractivity contribution in [3.05, 3.63) is 0 Å². The number of carboxylic acid groups (broad SMARTS) is 1. The van der Waals surface area contributed by atoms with Gasteiger partial charge in [-0.05, 0) is 31.8 Å². The van der Waals surface area contributed by atoms with E-state index in [0.29, 0.717) is 0 Å². The van der Waals surface area contributed by atoms with Crippen molar-refractivity contribution in [3.8, 4) is 0 Å². The Morgan fingerprint density at radius 3 is 1.87 bits per heavy atom. The van der Waals surface area contributed by atoms with Crippen LogP contribution < -0.4 is 5.32 Å². The van der Waals surface area contributed by atoms with Crippen LogP contribution in [0.3, 0.4) is 0 Å². The first-order valence-electron chi connectivity index (χ1n) is 10.8. The molecule has 2 amide bonds. The fraction of sp³-hybridized carbons (Fsp3) is 0.864. The van der Waals surface area contributed by atoms with Gasteiger partial charge in [-0.3, -0.25) is 19.3 Å². The van der Waals surface area contributed by atoms with Crippen LogP contribution in [0.15, 0.2) is 0 Å². The Morgan fingerprint density at radius 1 is 1.00 bits per heavy atom. The minimum absolute atomic E-state index is 0.0250. The van der Waals surface area contributed by atoms with E-state index in [1.807, 2.05) is 60.5 Å². The molecule has 0 saturated heterocycles. The van der Waals surface area contributed by atoms with Gasteiger partial charge in [0.25, 0.3) is 0 Å². The van der Waals surface area contributed by atoms with E-state index in [1.54, 1.807) is 11.9 Å². The van der Waals surface area contributed by atoms with Crippen molar-refractivity contribution in [2.24, 2.45) is 17.8 Å². The van der Waals surface area contributed by atoms with Gasteiger partial charge in [0.2, 0.25) is 11.8 Å². The zero-order chi connectivity index (χ0) is 23.8. The van der Waals surface area contributed by atoms with Gasteiger partial charge in [0.05, 0.1) is 24.6 Å². The minimum atomic E-state index is -0.976. The van der Waals surface area contributed by atoms with Crippen molar-refractivity contribution in [3.63, 3.8) is 0 Å². The lowest BCUT2D eigenvalue weighted by atomic mass is 9.90. The summed E-state index contributed by atoms with van der Waals surface area (Å²) in [6.45, 7) is 11.7. The van der Waals surface area contributed by atoms with Gasteiger partial charge in [0.15, 0.2) is 0 Å². The van der Waals surface area contributed by atoms with E-state index in [2.05, 4.69) is 5.32 Å². The van der Waals surface area contributed by atoms with Crippen molar-refractivity contribution >= 4 is 17.8 Å². The number of rotatable bonds is 13. The third kappa shape index (κ3) is 7.87. The summed E-state index contributed by atoms with van der Waals surface area (Å²) in [5.41, 5.74) is 0. The van der Waals surface area contributed by atoms with Crippen LogP contribution in [-0.2, 0) is 19.1 Å². The molecule has 0 radical (unpaired) electrons. The van der Waals surface area contributed by atoms with E-state index in [4.69, 9.17) is 4.74 Å². The molecule has 0 aliphatic rings. The number of carboxylic acids is 1. The Hall–Kier alpha value is -1.67. The zero-order valence-electron chi connectivity index (χ0n) is 20.4. The second kappa shape index (κ2) is 12.9. The molecular formula is C22H43N3O5. The molecule has 0 aliphatic carbocycles. The summed E-state index contributed by atoms with van der Waals surface area (Å²) in [5.74, 6) is -1.42. The molecule has 8 heteroatoms. The molecule has 176 valence electrons. The molecule has 0 rings (SSSR count). The highest BCUT2D eigenvalue weighted by Gasteiger charge is 2.38. The molecule has 0 aromatic carbocycles. The van der Waals surface area contributed by atoms with Gasteiger partial charge in [-0.1, -0.05) is 48.0 Å². The number of likely N-dealkylation sites (N-methyl/N-ethyl adjacent to an activating group) is 2. The number of nitrogens with zero attached hydrogens (tertiary/aromatic N) is 2. The molecule has 5 atom stereocenters. The number of methoxy groups -OCH3 is 1. The van der Waals surface area contributed by atoms with Crippen LogP contribution >= 0.6 is 0 Å². The number of amides is 2. The topological polar surface area (TPSA) is 99.2 Å². The van der Waals surface area contributed by atoms with Gasteiger partial charge >= 0.3 is 5.97 Å². The summed E-state index contributed by atoms with van der Waals surface area (Å²) < 4.78 is 5.47. The van der Waals surface area contributed by atoms with Crippen LogP contribution in [0.4, 0.5) is 0 Å². The van der Waals surface area contributed by atoms with Crippen LogP contribution in [0, 0.1) is 17.8 Å². The summed E-state index contributed by atoms with van der Waals surface area (Å²) in [4.78, 5) is 41.1. The van der Waals surface area contributed by atoms with Crippen molar-refractivity contribution in [1.29, 1.82) is 0 Å². The predicted octanol–water partition coefficient (Wildman–Crippen LogP) is 2.08. The van der Waals surface area contributed by atoms with Crippen LogP contribution in [0.2, 0.25) is 0 Å². The number of carbonyl (C=O) groups excluding carboxylic acids is 2. The molecule has 0 saturated carbocycles. The van der Waals surface area contributed by atoms with E-state index >= 15 is 0 Å². The third-order valence-corrected chi connectivity index (χ3v) is 5.77. The Morgan fingerprint density at radius 2 is 1.53 bits per heavy atom. The monoisotopic (exact) mass is 429 g/mol. The largest absolute Gasteiger partial charge is 0.481 e. The van der Waals surface area contributed by atoms with Crippen LogP contribution in [0.25, 0.3) is 0 Å². The van der Waals surface area contributed by atoms with E-state index in [9.17, 15) is 19.5 Å². The molecule has 2 N–H and O–H groups in total. The highest BCUT2D eigenvalue weighted by molar-refractivity contribution is 5.90. The summed E-state index contributed by atoms with van der Waals surface area (Å²) in [5, 5.41) is 12.2. The normalized spacial score (nSPS) is 16.8. The van der Waals surface area contributed by atoms with Gasteiger partial charge in [-0.25, -0.2) is 0 Å². The fourth-order valence-corrected chi connectivity index (χ4v) is 4.01. The van der Waals surface area contributed by atoms with E-state index in [-0.39, 0.29) is 42.0 Å². The number of aliphatic carboxylic acids is 1. The number of hydrogen-bond donors (Lipinski definition) is 2. The summed E-state index contributed by atoms with van der Waals surface area (Å²) in [6, 6.07) is -1.48. The first kappa shape index (κ1) is 28.3. The van der Waals surface area contributed by atoms with Crippen molar-refractivity contribution in [2.45, 2.75) is 78.6 Å². The van der Waals surface area contributed by atoms with Gasteiger partial charge in [-0.15, -0.1) is 0 Å². The molecule has 0 fully saturated rings. The van der Waals surface area contributed by atoms with Gasteiger partial charge in [0, 0.05) is 14.2 Å². The molecule has 8 nitrogen and oxygen atoms in total. The lowest BCUT2D eigenvalue weighted by Gasteiger charge is -2.40. The molecule has 3 unspecified atom stereocenters. The molecule has 0 bridgehead atoms. The number of carbonyl (C=O) groups is 3. The minimum Gasteiger partial charge on any atom is -0.481 e. The summed E-state index contributed by atoms with van der Waals surface area (Å²) in [7, 11) is 6.82. The zero-order valence-corrected chi connectivity index (χ0v) is 20.4. The third-order valence-electron chi connectivity index (χ3n) is 5.77. The predicted molar refractivity (Wildman–Crippen MR) is 118 cm³/mol. The quantitative estimate of drug-likeness (QED) is 0.465. The smallest absolute Gasteiger partial charge is 0.306 e. The Labute approximate surface area is 182 Å². The van der Waals surface area contributed by atoms with Gasteiger partial charge < -0.3 is 20.1 Å². The van der Waals surface area contributed by atoms with Crippen LogP contribution in [-0.4, -0.2) is 85.2 Å². The lowest BCUT2D eigenvalue weighted by molar-refractivity contribution is -0.148. The number of ether oxygens (including phenoxy) is 1. The van der Waals surface area contributed by atoms with Gasteiger partial charge in [0.1, 0.15) is 6.04 Å². The Balaban J connectivity index is 5.80. The molecular weight excluding hydrogens is 386 g/mol. The summed E-state index contributed by atoms with van der Waals surface area (Å²) in [6.07, 6.45) is -0.0749. The van der Waals surface area contributed by atoms with Gasteiger partial charge in [-0.2, -0.15) is 0 Å². The van der Waals surface area contributed by atoms with Crippen molar-refractivity contribution in [2.75, 3.05) is 28.3 Å². The molecule has 0 spiro atoms. The second-order valence-corrected chi connectivity index (χ2v) is 9.08. The van der Waals surface area contributed by atoms with E-state index < -0.39 is 24.2 Å². The maximum absolute atomic E-state index is 13.4. The second-order valence-electron chi connectivity index (χ2n) is 9.08. The Bertz CT molecular complexity index is 557. The van der Waals surface area contributed by atoms with Crippen LogP contribution in [0.1, 0.15) is 54.4 Å². The highest BCUT2D eigenvalue weighted by atomic mass is 16.5. The maximum Gasteiger partial charge on any atom is 0.306 e. The molecule has 0 aromatic rings. The lowest BCUT2D eigenvalue weighted by Crippen LogP contribution is -2.59. The highest BCUT2D eigenvalue weighted by Crippen LogP contribution is 2.23. The molecule has 0 aliphatic heterocycles. The molecule has 0 aromatic heterocycles. The average Bonchev–Trinajstić information content (AvgIpc) is 2.63. The van der Waals surface area contributed by atoms with E-state index in [0.717, 1.165) is 6.42 Å². The number of nitrogens with one attached hydrogen (secondary N) is 1. The number of hydrogen-bond acceptors (Lipinski definition) is 5. The molecule has 30 heavy (non-hydrogen) atoms. The maximum atomic E-state index is 13.4.